The summed E-state index contributed by atoms with van der Waals surface area (Å²) in [6, 6.07) is 12.5. The maximum absolute atomic E-state index is 14.7. The summed E-state index contributed by atoms with van der Waals surface area (Å²) in [5.41, 5.74) is 0.536. The number of rotatable bonds is 5. The highest BCUT2D eigenvalue weighted by Gasteiger charge is 2.20. The number of anilines is 1. The normalized spacial score (nSPS) is 14.4. The third-order valence-corrected chi connectivity index (χ3v) is 5.33. The third kappa shape index (κ3) is 4.94. The fourth-order valence-corrected chi connectivity index (χ4v) is 3.66. The Bertz CT molecular complexity index is 1220. The van der Waals surface area contributed by atoms with Crippen molar-refractivity contribution < 1.29 is 18.7 Å². The van der Waals surface area contributed by atoms with Crippen LogP contribution >= 0.6 is 0 Å². The summed E-state index contributed by atoms with van der Waals surface area (Å²) >= 11 is 0. The molecular formula is C23H23FN4O4. The molecule has 0 bridgehead atoms. The van der Waals surface area contributed by atoms with Crippen LogP contribution in [0.25, 0.3) is 10.9 Å². The van der Waals surface area contributed by atoms with E-state index >= 15 is 0 Å². The number of H-pyrrole nitrogens is 1. The maximum atomic E-state index is 14.7. The van der Waals surface area contributed by atoms with E-state index in [9.17, 15) is 18.8 Å². The van der Waals surface area contributed by atoms with E-state index in [4.69, 9.17) is 4.74 Å². The second-order valence-corrected chi connectivity index (χ2v) is 7.62. The highest BCUT2D eigenvalue weighted by Crippen LogP contribution is 2.30. The van der Waals surface area contributed by atoms with Crippen molar-refractivity contribution in [2.75, 3.05) is 38.0 Å². The first kappa shape index (κ1) is 21.5. The molecule has 9 heteroatoms. The fraction of sp³-hybridized carbons (Fsp3) is 0.261. The molecule has 1 aliphatic rings. The molecule has 3 aromatic rings. The second-order valence-electron chi connectivity index (χ2n) is 7.62. The number of ether oxygens (including phenoxy) is 1. The number of carbonyl (C=O) groups excluding carboxylic acids is 2. The molecule has 2 heterocycles. The van der Waals surface area contributed by atoms with Gasteiger partial charge in [0.25, 0.3) is 5.56 Å². The van der Waals surface area contributed by atoms with Crippen LogP contribution in [0.4, 0.5) is 10.1 Å². The van der Waals surface area contributed by atoms with Crippen molar-refractivity contribution in [1.29, 1.82) is 0 Å². The van der Waals surface area contributed by atoms with Crippen molar-refractivity contribution in [3.05, 3.63) is 64.7 Å². The number of hydrogen-bond donors (Lipinski definition) is 2. The van der Waals surface area contributed by atoms with E-state index in [1.165, 1.54) is 25.1 Å². The van der Waals surface area contributed by atoms with Crippen LogP contribution in [0.5, 0.6) is 11.5 Å². The number of pyridine rings is 1. The van der Waals surface area contributed by atoms with Gasteiger partial charge >= 0.3 is 0 Å². The topological polar surface area (TPSA) is 94.7 Å². The summed E-state index contributed by atoms with van der Waals surface area (Å²) in [7, 11) is 0. The van der Waals surface area contributed by atoms with Gasteiger partial charge in [-0.05, 0) is 24.3 Å². The number of aromatic amines is 1. The number of aromatic nitrogens is 1. The molecule has 2 N–H and O–H groups in total. The van der Waals surface area contributed by atoms with Crippen LogP contribution in [0.2, 0.25) is 0 Å². The van der Waals surface area contributed by atoms with Crippen LogP contribution in [0.1, 0.15) is 6.92 Å². The van der Waals surface area contributed by atoms with Crippen LogP contribution in [0.3, 0.4) is 0 Å². The number of piperazine rings is 1. The van der Waals surface area contributed by atoms with Gasteiger partial charge in [-0.2, -0.15) is 0 Å². The average molecular weight is 438 g/mol. The van der Waals surface area contributed by atoms with Gasteiger partial charge in [-0.1, -0.05) is 12.1 Å². The van der Waals surface area contributed by atoms with Gasteiger partial charge in [-0.3, -0.25) is 19.3 Å². The number of carbonyl (C=O) groups is 2. The quantitative estimate of drug-likeness (QED) is 0.639. The number of hydrogen-bond acceptors (Lipinski definition) is 5. The first-order valence-corrected chi connectivity index (χ1v) is 10.3. The monoisotopic (exact) mass is 438 g/mol. The van der Waals surface area contributed by atoms with E-state index in [-0.39, 0.29) is 35.4 Å². The minimum Gasteiger partial charge on any atom is -0.453 e. The van der Waals surface area contributed by atoms with Gasteiger partial charge < -0.3 is 19.9 Å². The van der Waals surface area contributed by atoms with Crippen LogP contribution in [0, 0.1) is 5.82 Å². The van der Waals surface area contributed by atoms with Gasteiger partial charge in [0.1, 0.15) is 5.75 Å². The molecule has 8 nitrogen and oxygen atoms in total. The lowest BCUT2D eigenvalue weighted by Crippen LogP contribution is -2.49. The van der Waals surface area contributed by atoms with E-state index in [1.54, 1.807) is 35.2 Å². The zero-order valence-electron chi connectivity index (χ0n) is 17.6. The molecule has 2 aromatic carbocycles. The molecule has 1 aromatic heterocycles. The lowest BCUT2D eigenvalue weighted by atomic mass is 10.2. The smallest absolute Gasteiger partial charge is 0.252 e. The van der Waals surface area contributed by atoms with Crippen LogP contribution < -0.4 is 15.6 Å². The van der Waals surface area contributed by atoms with E-state index < -0.39 is 5.82 Å². The minimum absolute atomic E-state index is 0.0278. The van der Waals surface area contributed by atoms with Crippen LogP contribution in [-0.2, 0) is 9.59 Å². The van der Waals surface area contributed by atoms with Crippen molar-refractivity contribution in [3.8, 4) is 11.5 Å². The summed E-state index contributed by atoms with van der Waals surface area (Å²) in [4.78, 5) is 42.0. The SMILES string of the molecule is CC(=O)N1CCN(CC(=O)Nc2ccc(Oc3cc(=O)[nH]c4ccccc34)c(F)c2)CC1. The van der Waals surface area contributed by atoms with Crippen molar-refractivity contribution >= 4 is 28.4 Å². The molecule has 0 spiro atoms. The Hall–Kier alpha value is -3.72. The summed E-state index contributed by atoms with van der Waals surface area (Å²) in [5, 5.41) is 3.33. The van der Waals surface area contributed by atoms with Crippen molar-refractivity contribution in [3.63, 3.8) is 0 Å². The molecule has 0 aliphatic carbocycles. The van der Waals surface area contributed by atoms with Crippen LogP contribution in [-0.4, -0.2) is 59.3 Å². The van der Waals surface area contributed by atoms with E-state index in [2.05, 4.69) is 10.3 Å². The molecule has 0 atom stereocenters. The Balaban J connectivity index is 1.40. The molecule has 4 rings (SSSR count). The number of halogens is 1. The van der Waals surface area contributed by atoms with Gasteiger partial charge in [-0.25, -0.2) is 4.39 Å². The van der Waals surface area contributed by atoms with Crippen molar-refractivity contribution in [1.82, 2.24) is 14.8 Å². The van der Waals surface area contributed by atoms with E-state index in [0.29, 0.717) is 42.8 Å². The molecule has 0 radical (unpaired) electrons. The standard InChI is InChI=1S/C23H23FN4O4/c1-15(29)28-10-8-27(9-11-28)14-23(31)25-16-6-7-20(18(24)12-16)32-21-13-22(30)26-19-5-3-2-4-17(19)21/h2-7,12-13H,8-11,14H2,1H3,(H,25,31)(H,26,30). The number of nitrogens with zero attached hydrogens (tertiary/aromatic N) is 2. The number of para-hydroxylation sites is 1. The molecule has 1 fully saturated rings. The lowest BCUT2D eigenvalue weighted by molar-refractivity contribution is -0.130. The van der Waals surface area contributed by atoms with Crippen molar-refractivity contribution in [2.24, 2.45) is 0 Å². The molecule has 0 saturated carbocycles. The predicted octanol–water partition coefficient (Wildman–Crippen LogP) is 2.56. The zero-order valence-corrected chi connectivity index (χ0v) is 17.6. The lowest BCUT2D eigenvalue weighted by Gasteiger charge is -2.33. The first-order chi connectivity index (χ1) is 15.4. The summed E-state index contributed by atoms with van der Waals surface area (Å²) in [6.07, 6.45) is 0. The number of amides is 2. The van der Waals surface area contributed by atoms with Gasteiger partial charge in [0.15, 0.2) is 11.6 Å². The number of benzene rings is 2. The molecule has 166 valence electrons. The Morgan fingerprint density at radius 2 is 1.81 bits per heavy atom. The molecule has 1 saturated heterocycles. The number of nitrogens with one attached hydrogen (secondary N) is 2. The summed E-state index contributed by atoms with van der Waals surface area (Å²) < 4.78 is 20.3. The zero-order chi connectivity index (χ0) is 22.7. The third-order valence-electron chi connectivity index (χ3n) is 5.33. The fourth-order valence-electron chi connectivity index (χ4n) is 3.66. The second kappa shape index (κ2) is 9.19. The van der Waals surface area contributed by atoms with E-state index in [0.717, 1.165) is 0 Å². The molecule has 2 amide bonds. The Morgan fingerprint density at radius 1 is 1.06 bits per heavy atom. The Kier molecular flexibility index (Phi) is 6.18. The van der Waals surface area contributed by atoms with Gasteiger partial charge in [0, 0.05) is 56.3 Å². The number of fused-ring (bicyclic) bond motifs is 1. The van der Waals surface area contributed by atoms with Gasteiger partial charge in [0.2, 0.25) is 11.8 Å². The average Bonchev–Trinajstić information content (AvgIpc) is 2.76. The largest absolute Gasteiger partial charge is 0.453 e. The first-order valence-electron chi connectivity index (χ1n) is 10.3. The van der Waals surface area contributed by atoms with Crippen molar-refractivity contribution in [2.45, 2.75) is 6.92 Å². The van der Waals surface area contributed by atoms with Crippen LogP contribution in [0.15, 0.2) is 53.3 Å². The molecule has 32 heavy (non-hydrogen) atoms. The molecule has 0 unspecified atom stereocenters. The molecular weight excluding hydrogens is 415 g/mol. The predicted molar refractivity (Wildman–Crippen MR) is 118 cm³/mol. The molecule has 1 aliphatic heterocycles. The Labute approximate surface area is 183 Å². The highest BCUT2D eigenvalue weighted by molar-refractivity contribution is 5.92. The summed E-state index contributed by atoms with van der Waals surface area (Å²) in [5.74, 6) is -0.721. The van der Waals surface area contributed by atoms with E-state index in [1.807, 2.05) is 4.90 Å². The van der Waals surface area contributed by atoms with Gasteiger partial charge in [-0.15, -0.1) is 0 Å². The van der Waals surface area contributed by atoms with Gasteiger partial charge in [0.05, 0.1) is 12.1 Å². The Morgan fingerprint density at radius 3 is 2.53 bits per heavy atom. The minimum atomic E-state index is -0.665. The highest BCUT2D eigenvalue weighted by atomic mass is 19.1. The summed E-state index contributed by atoms with van der Waals surface area (Å²) in [6.45, 7) is 4.07. The maximum Gasteiger partial charge on any atom is 0.252 e.